The van der Waals surface area contributed by atoms with Crippen LogP contribution in [0.3, 0.4) is 0 Å². The van der Waals surface area contributed by atoms with Crippen LogP contribution in [0.1, 0.15) is 33.3 Å². The zero-order valence-electron chi connectivity index (χ0n) is 18.2. The second-order valence-electron chi connectivity index (χ2n) is 6.68. The predicted octanol–water partition coefficient (Wildman–Crippen LogP) is 2.99. The Morgan fingerprint density at radius 1 is 1.06 bits per heavy atom. The van der Waals surface area contributed by atoms with Crippen LogP contribution in [0.25, 0.3) is 5.69 Å². The smallest absolute Gasteiger partial charge is 0.360 e. The third-order valence-electron chi connectivity index (χ3n) is 4.65. The van der Waals surface area contributed by atoms with Crippen LogP contribution in [0.4, 0.5) is 5.69 Å². The average molecular weight is 437 g/mol. The van der Waals surface area contributed by atoms with Crippen LogP contribution >= 0.6 is 0 Å². The van der Waals surface area contributed by atoms with Gasteiger partial charge in [0.15, 0.2) is 5.69 Å². The quantitative estimate of drug-likeness (QED) is 0.566. The lowest BCUT2D eigenvalue weighted by molar-refractivity contribution is 0.0518. The molecular formula is C23H23N3O6. The van der Waals surface area contributed by atoms with Crippen molar-refractivity contribution in [3.8, 4) is 17.2 Å². The standard InChI is InChI=1S/C23H23N3O6/c1-5-32-23(29)21-17(13-20(27)26(25-21)18-9-7-6-8-14(18)2)24-22(28)16-11-10-15(30-3)12-19(16)31-4/h6-13H,5H2,1-4H3,(H,24,28). The summed E-state index contributed by atoms with van der Waals surface area (Å²) in [6.45, 7) is 3.57. The van der Waals surface area contributed by atoms with Crippen molar-refractivity contribution >= 4 is 17.6 Å². The van der Waals surface area contributed by atoms with Gasteiger partial charge in [-0.25, -0.2) is 4.79 Å². The number of anilines is 1. The minimum Gasteiger partial charge on any atom is -0.497 e. The Hall–Kier alpha value is -4.14. The molecule has 166 valence electrons. The number of aryl methyl sites for hydroxylation is 1. The fraction of sp³-hybridized carbons (Fsp3) is 0.217. The van der Waals surface area contributed by atoms with Gasteiger partial charge in [0, 0.05) is 12.1 Å². The number of carbonyl (C=O) groups is 2. The second kappa shape index (κ2) is 9.78. The summed E-state index contributed by atoms with van der Waals surface area (Å²) in [6, 6.07) is 12.9. The zero-order chi connectivity index (χ0) is 23.3. The van der Waals surface area contributed by atoms with Gasteiger partial charge in [0.2, 0.25) is 0 Å². The van der Waals surface area contributed by atoms with Gasteiger partial charge in [-0.2, -0.15) is 9.78 Å². The largest absolute Gasteiger partial charge is 0.497 e. The molecule has 1 N–H and O–H groups in total. The van der Waals surface area contributed by atoms with Gasteiger partial charge in [-0.05, 0) is 37.6 Å². The van der Waals surface area contributed by atoms with E-state index in [0.29, 0.717) is 11.4 Å². The maximum absolute atomic E-state index is 12.9. The number of esters is 1. The van der Waals surface area contributed by atoms with Crippen molar-refractivity contribution in [3.63, 3.8) is 0 Å². The summed E-state index contributed by atoms with van der Waals surface area (Å²) in [7, 11) is 2.91. The van der Waals surface area contributed by atoms with Gasteiger partial charge in [-0.3, -0.25) is 9.59 Å². The Morgan fingerprint density at radius 2 is 1.81 bits per heavy atom. The van der Waals surface area contributed by atoms with Gasteiger partial charge in [0.25, 0.3) is 11.5 Å². The second-order valence-corrected chi connectivity index (χ2v) is 6.68. The first-order valence-corrected chi connectivity index (χ1v) is 9.80. The van der Waals surface area contributed by atoms with Crippen molar-refractivity contribution in [3.05, 3.63) is 75.7 Å². The molecule has 3 aromatic rings. The fourth-order valence-electron chi connectivity index (χ4n) is 3.05. The summed E-state index contributed by atoms with van der Waals surface area (Å²) in [5.41, 5.74) is 0.696. The van der Waals surface area contributed by atoms with Crippen LogP contribution in [-0.2, 0) is 4.74 Å². The third-order valence-corrected chi connectivity index (χ3v) is 4.65. The number of nitrogens with zero attached hydrogens (tertiary/aromatic N) is 2. The summed E-state index contributed by atoms with van der Waals surface area (Å²) >= 11 is 0. The number of methoxy groups -OCH3 is 2. The van der Waals surface area contributed by atoms with E-state index >= 15 is 0 Å². The van der Waals surface area contributed by atoms with Crippen LogP contribution in [-0.4, -0.2) is 42.5 Å². The number of aromatic nitrogens is 2. The number of nitrogens with one attached hydrogen (secondary N) is 1. The lowest BCUT2D eigenvalue weighted by Gasteiger charge is -2.14. The van der Waals surface area contributed by atoms with E-state index in [-0.39, 0.29) is 29.3 Å². The number of carbonyl (C=O) groups excluding carboxylic acids is 2. The number of rotatable bonds is 7. The van der Waals surface area contributed by atoms with E-state index in [4.69, 9.17) is 14.2 Å². The van der Waals surface area contributed by atoms with Crippen molar-refractivity contribution < 1.29 is 23.8 Å². The highest BCUT2D eigenvalue weighted by Gasteiger charge is 2.22. The van der Waals surface area contributed by atoms with E-state index in [1.54, 1.807) is 31.2 Å². The highest BCUT2D eigenvalue weighted by Crippen LogP contribution is 2.26. The lowest BCUT2D eigenvalue weighted by Crippen LogP contribution is -2.27. The van der Waals surface area contributed by atoms with E-state index < -0.39 is 17.4 Å². The first-order chi connectivity index (χ1) is 15.4. The molecule has 1 heterocycles. The van der Waals surface area contributed by atoms with Gasteiger partial charge in [0.1, 0.15) is 11.5 Å². The molecule has 0 saturated carbocycles. The van der Waals surface area contributed by atoms with Gasteiger partial charge in [0.05, 0.1) is 37.8 Å². The molecule has 0 aliphatic rings. The molecule has 0 spiro atoms. The molecule has 0 atom stereocenters. The summed E-state index contributed by atoms with van der Waals surface area (Å²) in [5.74, 6) is -0.592. The monoisotopic (exact) mass is 437 g/mol. The molecule has 0 fully saturated rings. The fourth-order valence-corrected chi connectivity index (χ4v) is 3.05. The summed E-state index contributed by atoms with van der Waals surface area (Å²) in [4.78, 5) is 38.3. The van der Waals surface area contributed by atoms with Crippen molar-refractivity contribution in [1.29, 1.82) is 0 Å². The molecule has 0 unspecified atom stereocenters. The zero-order valence-corrected chi connectivity index (χ0v) is 18.2. The van der Waals surface area contributed by atoms with Gasteiger partial charge >= 0.3 is 5.97 Å². The van der Waals surface area contributed by atoms with Crippen LogP contribution in [0.15, 0.2) is 53.3 Å². The molecule has 0 bridgehead atoms. The van der Waals surface area contributed by atoms with Gasteiger partial charge in [-0.1, -0.05) is 18.2 Å². The maximum atomic E-state index is 12.9. The number of ether oxygens (including phenoxy) is 3. The molecule has 1 amide bonds. The molecule has 0 saturated heterocycles. The molecule has 0 radical (unpaired) electrons. The van der Waals surface area contributed by atoms with Gasteiger partial charge < -0.3 is 19.5 Å². The molecule has 3 rings (SSSR count). The van der Waals surface area contributed by atoms with Crippen molar-refractivity contribution in [2.75, 3.05) is 26.1 Å². The van der Waals surface area contributed by atoms with Gasteiger partial charge in [-0.15, -0.1) is 0 Å². The first kappa shape index (κ1) is 22.5. The topological polar surface area (TPSA) is 109 Å². The Labute approximate surface area is 184 Å². The first-order valence-electron chi connectivity index (χ1n) is 9.80. The Bertz CT molecular complexity index is 1220. The minimum atomic E-state index is -0.771. The Balaban J connectivity index is 2.07. The third kappa shape index (κ3) is 4.61. The molecule has 0 aliphatic carbocycles. The molecule has 9 heteroatoms. The van der Waals surface area contributed by atoms with Crippen molar-refractivity contribution in [2.24, 2.45) is 0 Å². The number of hydrogen-bond acceptors (Lipinski definition) is 7. The molecule has 2 aromatic carbocycles. The van der Waals surface area contributed by atoms with E-state index in [2.05, 4.69) is 10.4 Å². The van der Waals surface area contributed by atoms with Crippen molar-refractivity contribution in [2.45, 2.75) is 13.8 Å². The highest BCUT2D eigenvalue weighted by atomic mass is 16.5. The minimum absolute atomic E-state index is 0.0684. The van der Waals surface area contributed by atoms with Crippen LogP contribution in [0.5, 0.6) is 11.5 Å². The molecule has 0 aliphatic heterocycles. The number of amides is 1. The molecule has 32 heavy (non-hydrogen) atoms. The van der Waals surface area contributed by atoms with Crippen molar-refractivity contribution in [1.82, 2.24) is 9.78 Å². The summed E-state index contributed by atoms with van der Waals surface area (Å²) < 4.78 is 16.6. The Kier molecular flexibility index (Phi) is 6.89. The van der Waals surface area contributed by atoms with E-state index in [1.807, 2.05) is 19.1 Å². The van der Waals surface area contributed by atoms with Crippen LogP contribution in [0.2, 0.25) is 0 Å². The SMILES string of the molecule is CCOC(=O)c1nn(-c2ccccc2C)c(=O)cc1NC(=O)c1ccc(OC)cc1OC. The van der Waals surface area contributed by atoms with E-state index in [0.717, 1.165) is 16.3 Å². The average Bonchev–Trinajstić information content (AvgIpc) is 2.79. The molecular weight excluding hydrogens is 414 g/mol. The number of hydrogen-bond donors (Lipinski definition) is 1. The van der Waals surface area contributed by atoms with Crippen LogP contribution in [0, 0.1) is 6.92 Å². The van der Waals surface area contributed by atoms with Crippen LogP contribution < -0.4 is 20.3 Å². The van der Waals surface area contributed by atoms with E-state index in [1.165, 1.54) is 20.3 Å². The van der Waals surface area contributed by atoms with E-state index in [9.17, 15) is 14.4 Å². The normalized spacial score (nSPS) is 10.4. The lowest BCUT2D eigenvalue weighted by atomic mass is 10.1. The predicted molar refractivity (Wildman–Crippen MR) is 118 cm³/mol. The highest BCUT2D eigenvalue weighted by molar-refractivity contribution is 6.08. The maximum Gasteiger partial charge on any atom is 0.360 e. The molecule has 9 nitrogen and oxygen atoms in total. The summed E-state index contributed by atoms with van der Waals surface area (Å²) in [5, 5.41) is 6.78. The number of para-hydroxylation sites is 1. The Morgan fingerprint density at radius 3 is 2.47 bits per heavy atom. The number of benzene rings is 2. The molecule has 1 aromatic heterocycles. The summed E-state index contributed by atoms with van der Waals surface area (Å²) in [6.07, 6.45) is 0.